The van der Waals surface area contributed by atoms with Gasteiger partial charge in [-0.05, 0) is 39.1 Å². The minimum atomic E-state index is 0.0522. The number of rotatable bonds is 2. The molecule has 5 heteroatoms. The third-order valence-electron chi connectivity index (χ3n) is 3.62. The molecule has 1 aliphatic heterocycles. The van der Waals surface area contributed by atoms with Gasteiger partial charge in [-0.2, -0.15) is 0 Å². The van der Waals surface area contributed by atoms with E-state index in [1.165, 1.54) is 0 Å². The summed E-state index contributed by atoms with van der Waals surface area (Å²) in [6.45, 7) is 4.83. The maximum absolute atomic E-state index is 12.7. The zero-order valence-corrected chi connectivity index (χ0v) is 11.6. The summed E-state index contributed by atoms with van der Waals surface area (Å²) in [5, 5.41) is 0. The second kappa shape index (κ2) is 6.04. The first kappa shape index (κ1) is 13.8. The average Bonchev–Trinajstić information content (AvgIpc) is 2.58. The summed E-state index contributed by atoms with van der Waals surface area (Å²) >= 11 is 0. The van der Waals surface area contributed by atoms with Crippen LogP contribution in [0.3, 0.4) is 0 Å². The van der Waals surface area contributed by atoms with E-state index in [2.05, 4.69) is 24.3 Å². The summed E-state index contributed by atoms with van der Waals surface area (Å²) in [7, 11) is 2.10. The Balaban J connectivity index is 2.22. The van der Waals surface area contributed by atoms with Gasteiger partial charge in [-0.15, -0.1) is 0 Å². The predicted molar refractivity (Wildman–Crippen MR) is 76.9 cm³/mol. The third kappa shape index (κ3) is 3.05. The van der Waals surface area contributed by atoms with E-state index in [0.717, 1.165) is 26.1 Å². The first-order valence-electron chi connectivity index (χ1n) is 6.68. The highest BCUT2D eigenvalue weighted by atomic mass is 16.2. The van der Waals surface area contributed by atoms with Crippen molar-refractivity contribution < 1.29 is 4.79 Å². The van der Waals surface area contributed by atoms with E-state index < -0.39 is 0 Å². The normalized spacial score (nSPS) is 21.0. The lowest BCUT2D eigenvalue weighted by Crippen LogP contribution is -2.42. The lowest BCUT2D eigenvalue weighted by atomic mass is 10.1. The molecule has 1 saturated heterocycles. The van der Waals surface area contributed by atoms with Crippen LogP contribution in [0.25, 0.3) is 0 Å². The molecule has 1 amide bonds. The monoisotopic (exact) mass is 262 g/mol. The SMILES string of the molecule is CC1CN(C)CCCN1C(=O)c1ccccc1NN. The zero-order chi connectivity index (χ0) is 13.8. The van der Waals surface area contributed by atoms with Crippen molar-refractivity contribution in [1.82, 2.24) is 9.80 Å². The van der Waals surface area contributed by atoms with Crippen molar-refractivity contribution in [2.24, 2.45) is 5.84 Å². The van der Waals surface area contributed by atoms with Crippen LogP contribution in [-0.2, 0) is 0 Å². The van der Waals surface area contributed by atoms with Crippen molar-refractivity contribution in [3.8, 4) is 0 Å². The van der Waals surface area contributed by atoms with Crippen molar-refractivity contribution in [3.05, 3.63) is 29.8 Å². The molecule has 0 saturated carbocycles. The molecule has 3 N–H and O–H groups in total. The molecular weight excluding hydrogens is 240 g/mol. The van der Waals surface area contributed by atoms with Crippen LogP contribution in [0.4, 0.5) is 5.69 Å². The number of amides is 1. The molecule has 1 heterocycles. The van der Waals surface area contributed by atoms with Crippen LogP contribution in [-0.4, -0.2) is 48.4 Å². The van der Waals surface area contributed by atoms with Gasteiger partial charge in [0.05, 0.1) is 11.3 Å². The number of benzene rings is 1. The van der Waals surface area contributed by atoms with E-state index in [1.807, 2.05) is 29.2 Å². The Morgan fingerprint density at radius 1 is 1.37 bits per heavy atom. The van der Waals surface area contributed by atoms with Crippen molar-refractivity contribution >= 4 is 11.6 Å². The molecule has 19 heavy (non-hydrogen) atoms. The summed E-state index contributed by atoms with van der Waals surface area (Å²) in [4.78, 5) is 16.9. The van der Waals surface area contributed by atoms with Crippen LogP contribution in [0, 0.1) is 0 Å². The maximum Gasteiger partial charge on any atom is 0.256 e. The second-order valence-electron chi connectivity index (χ2n) is 5.15. The minimum absolute atomic E-state index is 0.0522. The number of hydrogen-bond donors (Lipinski definition) is 2. The van der Waals surface area contributed by atoms with Crippen molar-refractivity contribution in [3.63, 3.8) is 0 Å². The molecule has 0 bridgehead atoms. The van der Waals surface area contributed by atoms with E-state index in [0.29, 0.717) is 11.3 Å². The number of anilines is 1. The highest BCUT2D eigenvalue weighted by Crippen LogP contribution is 2.19. The molecule has 1 aliphatic rings. The van der Waals surface area contributed by atoms with Crippen LogP contribution in [0.15, 0.2) is 24.3 Å². The highest BCUT2D eigenvalue weighted by molar-refractivity contribution is 5.99. The van der Waals surface area contributed by atoms with Crippen molar-refractivity contribution in [2.75, 3.05) is 32.1 Å². The van der Waals surface area contributed by atoms with Gasteiger partial charge >= 0.3 is 0 Å². The molecule has 0 aromatic heterocycles. The van der Waals surface area contributed by atoms with Gasteiger partial charge in [0.25, 0.3) is 5.91 Å². The minimum Gasteiger partial charge on any atom is -0.335 e. The predicted octanol–water partition coefficient (Wildman–Crippen LogP) is 1.14. The lowest BCUT2D eigenvalue weighted by Gasteiger charge is -2.28. The molecule has 0 aliphatic carbocycles. The Hall–Kier alpha value is -1.59. The molecule has 1 aromatic rings. The van der Waals surface area contributed by atoms with Gasteiger partial charge in [-0.25, -0.2) is 0 Å². The molecule has 0 spiro atoms. The molecular formula is C14H22N4O. The summed E-state index contributed by atoms with van der Waals surface area (Å²) in [5.41, 5.74) is 3.92. The van der Waals surface area contributed by atoms with Crippen LogP contribution in [0.2, 0.25) is 0 Å². The smallest absolute Gasteiger partial charge is 0.256 e. The number of likely N-dealkylation sites (N-methyl/N-ethyl adjacent to an activating group) is 1. The first-order valence-corrected chi connectivity index (χ1v) is 6.68. The third-order valence-corrected chi connectivity index (χ3v) is 3.62. The fraction of sp³-hybridized carbons (Fsp3) is 0.500. The summed E-state index contributed by atoms with van der Waals surface area (Å²) < 4.78 is 0. The van der Waals surface area contributed by atoms with Gasteiger partial charge in [0.15, 0.2) is 0 Å². The van der Waals surface area contributed by atoms with E-state index in [9.17, 15) is 4.79 Å². The van der Waals surface area contributed by atoms with Gasteiger partial charge in [-0.3, -0.25) is 10.6 Å². The fourth-order valence-electron chi connectivity index (χ4n) is 2.62. The molecule has 1 fully saturated rings. The van der Waals surface area contributed by atoms with Gasteiger partial charge in [0, 0.05) is 19.1 Å². The summed E-state index contributed by atoms with van der Waals surface area (Å²) in [6, 6.07) is 7.58. The van der Waals surface area contributed by atoms with Gasteiger partial charge in [0.1, 0.15) is 0 Å². The second-order valence-corrected chi connectivity index (χ2v) is 5.15. The van der Waals surface area contributed by atoms with Crippen molar-refractivity contribution in [2.45, 2.75) is 19.4 Å². The lowest BCUT2D eigenvalue weighted by molar-refractivity contribution is 0.0697. The number of carbonyl (C=O) groups excluding carboxylic acids is 1. The van der Waals surface area contributed by atoms with E-state index >= 15 is 0 Å². The Bertz CT molecular complexity index is 449. The van der Waals surface area contributed by atoms with Crippen molar-refractivity contribution in [1.29, 1.82) is 0 Å². The largest absolute Gasteiger partial charge is 0.335 e. The average molecular weight is 262 g/mol. The van der Waals surface area contributed by atoms with Gasteiger partial charge < -0.3 is 15.2 Å². The van der Waals surface area contributed by atoms with Crippen LogP contribution < -0.4 is 11.3 Å². The van der Waals surface area contributed by atoms with Gasteiger partial charge in [0.2, 0.25) is 0 Å². The highest BCUT2D eigenvalue weighted by Gasteiger charge is 2.26. The number of hydrazine groups is 1. The number of carbonyl (C=O) groups is 1. The first-order chi connectivity index (χ1) is 9.13. The van der Waals surface area contributed by atoms with Gasteiger partial charge in [-0.1, -0.05) is 12.1 Å². The quantitative estimate of drug-likeness (QED) is 0.620. The fourth-order valence-corrected chi connectivity index (χ4v) is 2.62. The van der Waals surface area contributed by atoms with E-state index in [1.54, 1.807) is 0 Å². The summed E-state index contributed by atoms with van der Waals surface area (Å²) in [5.74, 6) is 5.53. The number of hydrogen-bond acceptors (Lipinski definition) is 4. The Labute approximate surface area is 114 Å². The molecule has 1 aromatic carbocycles. The molecule has 0 radical (unpaired) electrons. The zero-order valence-electron chi connectivity index (χ0n) is 11.6. The Kier molecular flexibility index (Phi) is 4.39. The maximum atomic E-state index is 12.7. The molecule has 1 unspecified atom stereocenters. The number of nitrogen functional groups attached to an aromatic ring is 1. The van der Waals surface area contributed by atoms with Crippen LogP contribution in [0.1, 0.15) is 23.7 Å². The van der Waals surface area contributed by atoms with E-state index in [-0.39, 0.29) is 11.9 Å². The topological polar surface area (TPSA) is 61.6 Å². The molecule has 1 atom stereocenters. The van der Waals surface area contributed by atoms with Crippen LogP contribution in [0.5, 0.6) is 0 Å². The molecule has 5 nitrogen and oxygen atoms in total. The van der Waals surface area contributed by atoms with E-state index in [4.69, 9.17) is 5.84 Å². The number of nitrogens with zero attached hydrogens (tertiary/aromatic N) is 2. The Morgan fingerprint density at radius 3 is 2.84 bits per heavy atom. The van der Waals surface area contributed by atoms with Crippen LogP contribution >= 0.6 is 0 Å². The number of para-hydroxylation sites is 1. The Morgan fingerprint density at radius 2 is 2.11 bits per heavy atom. The molecule has 104 valence electrons. The summed E-state index contributed by atoms with van der Waals surface area (Å²) in [6.07, 6.45) is 1.00. The molecule has 2 rings (SSSR count). The standard InChI is InChI=1S/C14H22N4O/c1-11-10-17(2)8-5-9-18(11)14(19)12-6-3-4-7-13(12)16-15/h3-4,6-7,11,16H,5,8-10,15H2,1-2H3. The number of nitrogens with two attached hydrogens (primary N) is 1. The number of nitrogens with one attached hydrogen (secondary N) is 1.